The van der Waals surface area contributed by atoms with E-state index < -0.39 is 6.10 Å². The highest BCUT2D eigenvalue weighted by Gasteiger charge is 2.22. The molecule has 1 saturated heterocycles. The molecule has 0 saturated carbocycles. The van der Waals surface area contributed by atoms with Gasteiger partial charge in [0.1, 0.15) is 0 Å². The molecule has 2 atom stereocenters. The zero-order valence-electron chi connectivity index (χ0n) is 9.89. The predicted octanol–water partition coefficient (Wildman–Crippen LogP) is 0.487. The quantitative estimate of drug-likeness (QED) is 0.808. The normalized spacial score (nSPS) is 23.8. The molecule has 1 aliphatic heterocycles. The molecule has 2 unspecified atom stereocenters. The first-order valence-electron chi connectivity index (χ1n) is 5.81. The molecule has 0 aliphatic carbocycles. The lowest BCUT2D eigenvalue weighted by molar-refractivity contribution is 0.191. The summed E-state index contributed by atoms with van der Waals surface area (Å²) in [5.41, 5.74) is 0. The van der Waals surface area contributed by atoms with Gasteiger partial charge in [0.2, 0.25) is 5.89 Å². The Morgan fingerprint density at radius 2 is 2.44 bits per heavy atom. The van der Waals surface area contributed by atoms with Crippen molar-refractivity contribution >= 4 is 0 Å². The average Bonchev–Trinajstić information content (AvgIpc) is 2.76. The molecule has 1 aromatic rings. The van der Waals surface area contributed by atoms with Crippen LogP contribution in [0.25, 0.3) is 0 Å². The van der Waals surface area contributed by atoms with Crippen molar-refractivity contribution in [1.82, 2.24) is 15.0 Å². The number of aromatic nitrogens is 2. The van der Waals surface area contributed by atoms with Crippen LogP contribution in [-0.4, -0.2) is 46.4 Å². The molecule has 1 fully saturated rings. The molecule has 1 aliphatic rings. The van der Waals surface area contributed by atoms with Crippen LogP contribution in [0.3, 0.4) is 0 Å². The van der Waals surface area contributed by atoms with E-state index in [9.17, 15) is 5.11 Å². The van der Waals surface area contributed by atoms with E-state index in [0.29, 0.717) is 24.1 Å². The Balaban J connectivity index is 1.87. The molecule has 0 bridgehead atoms. The van der Waals surface area contributed by atoms with Crippen LogP contribution >= 0.6 is 0 Å². The molecule has 0 spiro atoms. The van der Waals surface area contributed by atoms with E-state index in [1.807, 2.05) is 0 Å². The Morgan fingerprint density at radius 3 is 3.06 bits per heavy atom. The minimum absolute atomic E-state index is 0.414. The van der Waals surface area contributed by atoms with Gasteiger partial charge in [-0.25, -0.2) is 0 Å². The molecule has 5 heteroatoms. The van der Waals surface area contributed by atoms with Crippen molar-refractivity contribution in [3.05, 3.63) is 11.7 Å². The maximum absolute atomic E-state index is 9.21. The number of aliphatic hydroxyl groups excluding tert-OH is 1. The topological polar surface area (TPSA) is 62.4 Å². The lowest BCUT2D eigenvalue weighted by atomic mass is 10.1. The van der Waals surface area contributed by atoms with Crippen LogP contribution in [0.1, 0.15) is 25.1 Å². The second-order valence-electron chi connectivity index (χ2n) is 4.78. The second kappa shape index (κ2) is 4.93. The van der Waals surface area contributed by atoms with E-state index in [4.69, 9.17) is 4.52 Å². The van der Waals surface area contributed by atoms with Gasteiger partial charge in [0, 0.05) is 19.4 Å². The lowest BCUT2D eigenvalue weighted by Gasteiger charge is -2.06. The minimum atomic E-state index is -0.414. The number of aliphatic hydroxyl groups is 1. The van der Waals surface area contributed by atoms with Gasteiger partial charge in [-0.3, -0.25) is 0 Å². The van der Waals surface area contributed by atoms with Crippen LogP contribution in [0.15, 0.2) is 4.52 Å². The van der Waals surface area contributed by atoms with Crippen molar-refractivity contribution in [3.63, 3.8) is 0 Å². The summed E-state index contributed by atoms with van der Waals surface area (Å²) >= 11 is 0. The molecule has 0 aromatic carbocycles. The van der Waals surface area contributed by atoms with Crippen LogP contribution in [-0.2, 0) is 12.8 Å². The van der Waals surface area contributed by atoms with Gasteiger partial charge in [-0.2, -0.15) is 4.98 Å². The smallest absolute Gasteiger partial charge is 0.226 e. The Kier molecular flexibility index (Phi) is 3.56. The summed E-state index contributed by atoms with van der Waals surface area (Å²) < 4.78 is 5.17. The summed E-state index contributed by atoms with van der Waals surface area (Å²) in [7, 11) is 2.13. The van der Waals surface area contributed by atoms with Crippen molar-refractivity contribution in [2.24, 2.45) is 5.92 Å². The maximum atomic E-state index is 9.21. The number of rotatable bonds is 4. The standard InChI is InChI=1S/C11H19N3O2/c1-8(15)5-10-12-11(16-13-10)6-9-3-4-14(2)7-9/h8-9,15H,3-7H2,1-2H3. The second-order valence-corrected chi connectivity index (χ2v) is 4.78. The van der Waals surface area contributed by atoms with Gasteiger partial charge < -0.3 is 14.5 Å². The van der Waals surface area contributed by atoms with E-state index in [0.717, 1.165) is 19.5 Å². The summed E-state index contributed by atoms with van der Waals surface area (Å²) in [4.78, 5) is 6.60. The van der Waals surface area contributed by atoms with Gasteiger partial charge in [-0.05, 0) is 32.9 Å². The van der Waals surface area contributed by atoms with Gasteiger partial charge in [0.15, 0.2) is 5.82 Å². The van der Waals surface area contributed by atoms with Crippen LogP contribution < -0.4 is 0 Å². The van der Waals surface area contributed by atoms with Crippen molar-refractivity contribution < 1.29 is 9.63 Å². The van der Waals surface area contributed by atoms with Crippen molar-refractivity contribution in [3.8, 4) is 0 Å². The molecule has 2 rings (SSSR count). The molecule has 0 radical (unpaired) electrons. The Labute approximate surface area is 95.4 Å². The summed E-state index contributed by atoms with van der Waals surface area (Å²) in [6, 6.07) is 0. The molecular formula is C11H19N3O2. The van der Waals surface area contributed by atoms with E-state index in [1.54, 1.807) is 6.92 Å². The molecule has 1 N–H and O–H groups in total. The Bertz CT molecular complexity index is 338. The van der Waals surface area contributed by atoms with Crippen LogP contribution in [0.4, 0.5) is 0 Å². The molecule has 5 nitrogen and oxygen atoms in total. The highest BCUT2D eigenvalue weighted by Crippen LogP contribution is 2.18. The Hall–Kier alpha value is -0.940. The van der Waals surface area contributed by atoms with E-state index >= 15 is 0 Å². The van der Waals surface area contributed by atoms with Gasteiger partial charge in [0.25, 0.3) is 0 Å². The number of hydrogen-bond donors (Lipinski definition) is 1. The van der Waals surface area contributed by atoms with Gasteiger partial charge >= 0.3 is 0 Å². The largest absolute Gasteiger partial charge is 0.393 e. The monoisotopic (exact) mass is 225 g/mol. The summed E-state index contributed by atoms with van der Waals surface area (Å²) in [6.07, 6.45) is 2.11. The van der Waals surface area contributed by atoms with E-state index in [-0.39, 0.29) is 0 Å². The SMILES string of the molecule is CC(O)Cc1noc(CC2CCN(C)C2)n1. The summed E-state index contributed by atoms with van der Waals surface area (Å²) in [5.74, 6) is 1.94. The highest BCUT2D eigenvalue weighted by atomic mass is 16.5. The zero-order chi connectivity index (χ0) is 11.5. The van der Waals surface area contributed by atoms with Crippen molar-refractivity contribution in [2.45, 2.75) is 32.3 Å². The fourth-order valence-electron chi connectivity index (χ4n) is 2.16. The molecule has 1 aromatic heterocycles. The minimum Gasteiger partial charge on any atom is -0.393 e. The molecule has 16 heavy (non-hydrogen) atoms. The summed E-state index contributed by atoms with van der Waals surface area (Å²) in [6.45, 7) is 3.98. The number of hydrogen-bond acceptors (Lipinski definition) is 5. The van der Waals surface area contributed by atoms with Gasteiger partial charge in [0.05, 0.1) is 6.10 Å². The molecule has 0 amide bonds. The fourth-order valence-corrected chi connectivity index (χ4v) is 2.16. The molecule has 2 heterocycles. The molecule has 90 valence electrons. The van der Waals surface area contributed by atoms with Crippen LogP contribution in [0.2, 0.25) is 0 Å². The average molecular weight is 225 g/mol. The third-order valence-electron chi connectivity index (χ3n) is 2.94. The van der Waals surface area contributed by atoms with Crippen LogP contribution in [0.5, 0.6) is 0 Å². The first-order valence-corrected chi connectivity index (χ1v) is 5.81. The van der Waals surface area contributed by atoms with Crippen molar-refractivity contribution in [1.29, 1.82) is 0 Å². The summed E-state index contributed by atoms with van der Waals surface area (Å²) in [5, 5.41) is 13.1. The Morgan fingerprint density at radius 1 is 1.62 bits per heavy atom. The lowest BCUT2D eigenvalue weighted by Crippen LogP contribution is -2.15. The predicted molar refractivity (Wildman–Crippen MR) is 59.0 cm³/mol. The maximum Gasteiger partial charge on any atom is 0.226 e. The molecular weight excluding hydrogens is 206 g/mol. The zero-order valence-corrected chi connectivity index (χ0v) is 9.89. The number of nitrogens with zero attached hydrogens (tertiary/aromatic N) is 3. The van der Waals surface area contributed by atoms with E-state index in [1.165, 1.54) is 6.42 Å². The van der Waals surface area contributed by atoms with Gasteiger partial charge in [-0.1, -0.05) is 5.16 Å². The third-order valence-corrected chi connectivity index (χ3v) is 2.94. The van der Waals surface area contributed by atoms with Crippen molar-refractivity contribution in [2.75, 3.05) is 20.1 Å². The van der Waals surface area contributed by atoms with Gasteiger partial charge in [-0.15, -0.1) is 0 Å². The first kappa shape index (κ1) is 11.5. The first-order chi connectivity index (χ1) is 7.63. The fraction of sp³-hybridized carbons (Fsp3) is 0.818. The van der Waals surface area contributed by atoms with Crippen LogP contribution in [0, 0.1) is 5.92 Å². The van der Waals surface area contributed by atoms with E-state index in [2.05, 4.69) is 22.1 Å². The third kappa shape index (κ3) is 3.02. The number of likely N-dealkylation sites (tertiary alicyclic amines) is 1. The highest BCUT2D eigenvalue weighted by molar-refractivity contribution is 4.91.